The van der Waals surface area contributed by atoms with Gasteiger partial charge in [-0.3, -0.25) is 4.79 Å². The molecule has 0 amide bonds. The number of nitrogen functional groups attached to an aromatic ring is 2. The summed E-state index contributed by atoms with van der Waals surface area (Å²) in [7, 11) is 1.54. The molecule has 7 nitrogen and oxygen atoms in total. The van der Waals surface area contributed by atoms with Gasteiger partial charge in [0.15, 0.2) is 11.5 Å². The smallest absolute Gasteiger partial charge is 0.330 e. The fourth-order valence-corrected chi connectivity index (χ4v) is 6.84. The molecule has 2 aromatic carbocycles. The summed E-state index contributed by atoms with van der Waals surface area (Å²) in [4.78, 5) is 25.3. The van der Waals surface area contributed by atoms with Crippen molar-refractivity contribution in [3.05, 3.63) is 53.6 Å². The highest BCUT2D eigenvalue weighted by atomic mass is 16.6. The summed E-state index contributed by atoms with van der Waals surface area (Å²) in [6.45, 7) is 2.48. The van der Waals surface area contributed by atoms with E-state index in [9.17, 15) is 9.59 Å². The Hall–Kier alpha value is -3.48. The average Bonchev–Trinajstić information content (AvgIpc) is 3.02. The van der Waals surface area contributed by atoms with E-state index in [0.29, 0.717) is 29.3 Å². The standard InChI is InChI=1S/C36H50N2O5/c1-3-4-5-6-25-7-11-27(12-8-25)28-13-15-30(16-14-28)36(40)43-33-19-9-26(23-34(33)41-2)10-20-35(39)42-22-21-29-17-18-31(37)24-32(29)38/h9-10,17-20,23-25,27-28,30H,3-8,11-16,21-22,37-38H2,1-2H3/b20-10+. The fraction of sp³-hybridized carbons (Fsp3) is 0.556. The van der Waals surface area contributed by atoms with Crippen LogP contribution in [0.3, 0.4) is 0 Å². The van der Waals surface area contributed by atoms with Gasteiger partial charge in [-0.05, 0) is 97.7 Å². The number of methoxy groups -OCH3 is 1. The van der Waals surface area contributed by atoms with E-state index in [-0.39, 0.29) is 18.5 Å². The van der Waals surface area contributed by atoms with E-state index in [1.54, 1.807) is 43.5 Å². The van der Waals surface area contributed by atoms with Crippen LogP contribution >= 0.6 is 0 Å². The van der Waals surface area contributed by atoms with Gasteiger partial charge in [-0.1, -0.05) is 57.6 Å². The Labute approximate surface area is 257 Å². The molecule has 2 aromatic rings. The van der Waals surface area contributed by atoms with Crippen molar-refractivity contribution >= 4 is 29.4 Å². The number of ether oxygens (including phenoxy) is 3. The SMILES string of the molecule is CCCCCC1CCC(C2CCC(C(=O)Oc3ccc(/C=C/C(=O)OCCc4ccc(N)cc4N)cc3OC)CC2)CC1. The zero-order valence-electron chi connectivity index (χ0n) is 26.0. The normalized spacial score (nSPS) is 22.3. The minimum Gasteiger partial charge on any atom is -0.493 e. The molecule has 0 atom stereocenters. The van der Waals surface area contributed by atoms with Gasteiger partial charge in [0.25, 0.3) is 0 Å². The van der Waals surface area contributed by atoms with E-state index in [0.717, 1.165) is 54.6 Å². The Morgan fingerprint density at radius 3 is 2.28 bits per heavy atom. The van der Waals surface area contributed by atoms with Gasteiger partial charge >= 0.3 is 11.9 Å². The highest BCUT2D eigenvalue weighted by Crippen LogP contribution is 2.43. The first-order valence-electron chi connectivity index (χ1n) is 16.2. The molecule has 234 valence electrons. The summed E-state index contributed by atoms with van der Waals surface area (Å²) in [5, 5.41) is 0. The van der Waals surface area contributed by atoms with Gasteiger partial charge in [-0.2, -0.15) is 0 Å². The summed E-state index contributed by atoms with van der Waals surface area (Å²) in [5.74, 6) is 2.67. The van der Waals surface area contributed by atoms with Gasteiger partial charge in [0, 0.05) is 23.9 Å². The van der Waals surface area contributed by atoms with E-state index in [1.807, 2.05) is 6.07 Å². The molecule has 43 heavy (non-hydrogen) atoms. The molecule has 0 radical (unpaired) electrons. The van der Waals surface area contributed by atoms with Gasteiger partial charge < -0.3 is 25.7 Å². The number of benzene rings is 2. The lowest BCUT2D eigenvalue weighted by Gasteiger charge is -2.37. The fourth-order valence-electron chi connectivity index (χ4n) is 6.84. The lowest BCUT2D eigenvalue weighted by atomic mass is 9.68. The first-order valence-corrected chi connectivity index (χ1v) is 16.2. The van der Waals surface area contributed by atoms with Crippen molar-refractivity contribution < 1.29 is 23.8 Å². The van der Waals surface area contributed by atoms with Gasteiger partial charge in [0.1, 0.15) is 0 Å². The maximum absolute atomic E-state index is 13.1. The van der Waals surface area contributed by atoms with Gasteiger partial charge in [-0.15, -0.1) is 0 Å². The van der Waals surface area contributed by atoms with Crippen LogP contribution < -0.4 is 20.9 Å². The molecule has 2 fully saturated rings. The molecule has 4 N–H and O–H groups in total. The first kappa shape index (κ1) is 32.4. The van der Waals surface area contributed by atoms with E-state index in [4.69, 9.17) is 25.7 Å². The minimum absolute atomic E-state index is 0.0655. The first-order chi connectivity index (χ1) is 20.9. The monoisotopic (exact) mass is 590 g/mol. The molecular formula is C36H50N2O5. The van der Waals surface area contributed by atoms with Crippen LogP contribution in [0.5, 0.6) is 11.5 Å². The lowest BCUT2D eigenvalue weighted by Crippen LogP contribution is -2.30. The molecule has 2 aliphatic rings. The third-order valence-electron chi connectivity index (χ3n) is 9.47. The van der Waals surface area contributed by atoms with E-state index in [2.05, 4.69) is 6.92 Å². The summed E-state index contributed by atoms with van der Waals surface area (Å²) in [6, 6.07) is 10.6. The number of nitrogens with two attached hydrogens (primary N) is 2. The topological polar surface area (TPSA) is 114 Å². The quantitative estimate of drug-likeness (QED) is 0.0806. The maximum atomic E-state index is 13.1. The van der Waals surface area contributed by atoms with Crippen molar-refractivity contribution in [2.75, 3.05) is 25.2 Å². The highest BCUT2D eigenvalue weighted by Gasteiger charge is 2.33. The molecule has 2 saturated carbocycles. The van der Waals surface area contributed by atoms with E-state index in [1.165, 1.54) is 57.4 Å². The Bertz CT molecular complexity index is 1230. The minimum atomic E-state index is -0.459. The highest BCUT2D eigenvalue weighted by molar-refractivity contribution is 5.87. The van der Waals surface area contributed by atoms with Crippen LogP contribution in [0.1, 0.15) is 95.1 Å². The summed E-state index contributed by atoms with van der Waals surface area (Å²) in [5.41, 5.74) is 14.5. The molecule has 7 heteroatoms. The van der Waals surface area contributed by atoms with Crippen molar-refractivity contribution in [2.24, 2.45) is 23.7 Å². The molecule has 0 bridgehead atoms. The van der Waals surface area contributed by atoms with Crippen LogP contribution in [0.2, 0.25) is 0 Å². The number of hydrogen-bond donors (Lipinski definition) is 2. The van der Waals surface area contributed by atoms with Crippen LogP contribution in [0.4, 0.5) is 11.4 Å². The average molecular weight is 591 g/mol. The van der Waals surface area contributed by atoms with Gasteiger partial charge in [0.05, 0.1) is 19.6 Å². The van der Waals surface area contributed by atoms with Crippen LogP contribution in [-0.4, -0.2) is 25.7 Å². The Morgan fingerprint density at radius 1 is 0.884 bits per heavy atom. The van der Waals surface area contributed by atoms with Crippen molar-refractivity contribution in [2.45, 2.75) is 90.4 Å². The zero-order chi connectivity index (χ0) is 30.6. The van der Waals surface area contributed by atoms with Crippen molar-refractivity contribution in [3.63, 3.8) is 0 Å². The molecule has 0 saturated heterocycles. The molecule has 0 aliphatic heterocycles. The predicted octanol–water partition coefficient (Wildman–Crippen LogP) is 7.76. The second-order valence-electron chi connectivity index (χ2n) is 12.4. The largest absolute Gasteiger partial charge is 0.493 e. The van der Waals surface area contributed by atoms with Crippen molar-refractivity contribution in [3.8, 4) is 11.5 Å². The molecule has 2 aliphatic carbocycles. The molecule has 0 heterocycles. The second kappa shape index (κ2) is 16.4. The molecule has 0 unspecified atom stereocenters. The molecule has 0 spiro atoms. The molecule has 4 rings (SSSR count). The number of anilines is 2. The number of carbonyl (C=O) groups excluding carboxylic acids is 2. The van der Waals surface area contributed by atoms with Crippen LogP contribution in [0.15, 0.2) is 42.5 Å². The Balaban J connectivity index is 1.20. The summed E-state index contributed by atoms with van der Waals surface area (Å²) < 4.78 is 16.6. The van der Waals surface area contributed by atoms with Gasteiger partial charge in [0.2, 0.25) is 0 Å². The molecule has 0 aromatic heterocycles. The van der Waals surface area contributed by atoms with Crippen molar-refractivity contribution in [1.29, 1.82) is 0 Å². The lowest BCUT2D eigenvalue weighted by molar-refractivity contribution is -0.140. The number of rotatable bonds is 13. The predicted molar refractivity (Wildman–Crippen MR) is 173 cm³/mol. The number of esters is 2. The zero-order valence-corrected chi connectivity index (χ0v) is 26.0. The van der Waals surface area contributed by atoms with E-state index >= 15 is 0 Å². The van der Waals surface area contributed by atoms with Gasteiger partial charge in [-0.25, -0.2) is 4.79 Å². The Kier molecular flexibility index (Phi) is 12.4. The maximum Gasteiger partial charge on any atom is 0.330 e. The summed E-state index contributed by atoms with van der Waals surface area (Å²) in [6.07, 6.45) is 18.5. The third kappa shape index (κ3) is 9.77. The van der Waals surface area contributed by atoms with Crippen LogP contribution in [0.25, 0.3) is 6.08 Å². The van der Waals surface area contributed by atoms with Crippen LogP contribution in [-0.2, 0) is 20.7 Å². The Morgan fingerprint density at radius 2 is 1.60 bits per heavy atom. The van der Waals surface area contributed by atoms with E-state index < -0.39 is 5.97 Å². The van der Waals surface area contributed by atoms with Crippen molar-refractivity contribution in [1.82, 2.24) is 0 Å². The second-order valence-corrected chi connectivity index (χ2v) is 12.4. The number of hydrogen-bond acceptors (Lipinski definition) is 7. The number of carbonyl (C=O) groups is 2. The summed E-state index contributed by atoms with van der Waals surface area (Å²) >= 11 is 0. The van der Waals surface area contributed by atoms with Crippen LogP contribution in [0, 0.1) is 23.7 Å². The molecular weight excluding hydrogens is 540 g/mol. The third-order valence-corrected chi connectivity index (χ3v) is 9.47. The number of unbranched alkanes of at least 4 members (excludes halogenated alkanes) is 2.